The fraction of sp³-hybridized carbons (Fsp3) is 0.385. The molecule has 0 bridgehead atoms. The van der Waals surface area contributed by atoms with Crippen molar-refractivity contribution in [3.05, 3.63) is 83.2 Å². The zero-order chi connectivity index (χ0) is 35.3. The first-order chi connectivity index (χ1) is 23.9. The lowest BCUT2D eigenvalue weighted by molar-refractivity contribution is -0.160. The number of fused-ring (bicyclic) bond motifs is 2. The normalized spacial score (nSPS) is 15.6. The summed E-state index contributed by atoms with van der Waals surface area (Å²) in [5.41, 5.74) is 6.68. The highest BCUT2D eigenvalue weighted by Crippen LogP contribution is 2.45. The third kappa shape index (κ3) is 6.15. The quantitative estimate of drug-likeness (QED) is 0.194. The van der Waals surface area contributed by atoms with Gasteiger partial charge in [-0.3, -0.25) is 4.98 Å². The highest BCUT2D eigenvalue weighted by atomic mass is 19.1. The number of anilines is 2. The molecular weight excluding hydrogens is 635 g/mol. The molecule has 0 radical (unpaired) electrons. The molecule has 1 N–H and O–H groups in total. The number of hydrogen-bond acceptors (Lipinski definition) is 8. The summed E-state index contributed by atoms with van der Waals surface area (Å²) < 4.78 is 29.8. The molecule has 1 unspecified atom stereocenters. The van der Waals surface area contributed by atoms with Crippen LogP contribution in [0, 0.1) is 19.7 Å². The first-order valence-corrected chi connectivity index (χ1v) is 17.1. The number of hydrogen-bond donors (Lipinski definition) is 1. The standard InChI is InChI=1S/C39H43FN6O4/c1-23-27-8-7-19-49-35(27)30(40)21-28(23)34-29-22-31(44(6)37(29)43-24(2)33(34)36(38(47)48)50-39(3,4)5)25-9-14-42-32(20-25)46-17-15-45(16-18-46)26-10-12-41-13-11-26/h9-14,20-22,36H,7-8,15-19H2,1-6H3,(H,47,48). The predicted molar refractivity (Wildman–Crippen MR) is 193 cm³/mol. The molecule has 1 atom stereocenters. The second kappa shape index (κ2) is 13.0. The predicted octanol–water partition coefficient (Wildman–Crippen LogP) is 7.05. The number of aromatic nitrogens is 4. The summed E-state index contributed by atoms with van der Waals surface area (Å²) in [7, 11) is 1.95. The number of pyridine rings is 3. The Morgan fingerprint density at radius 2 is 1.74 bits per heavy atom. The van der Waals surface area contributed by atoms with Gasteiger partial charge >= 0.3 is 5.97 Å². The summed E-state index contributed by atoms with van der Waals surface area (Å²) in [4.78, 5) is 31.5. The van der Waals surface area contributed by atoms with Gasteiger partial charge in [-0.25, -0.2) is 19.2 Å². The SMILES string of the molecule is Cc1nc2c(cc(-c3ccnc(N4CCN(c5ccncc5)CC4)c3)n2C)c(-c2cc(F)c3c(c2C)CCCO3)c1C(OC(C)(C)C)C(=O)O. The van der Waals surface area contributed by atoms with Crippen LogP contribution in [0.15, 0.2) is 55.0 Å². The van der Waals surface area contributed by atoms with Crippen LogP contribution in [0.1, 0.15) is 55.7 Å². The number of aryl methyl sites for hydroxylation is 2. The molecule has 1 fully saturated rings. The molecule has 0 amide bonds. The van der Waals surface area contributed by atoms with Crippen molar-refractivity contribution in [3.63, 3.8) is 0 Å². The monoisotopic (exact) mass is 678 g/mol. The van der Waals surface area contributed by atoms with Crippen LogP contribution >= 0.6 is 0 Å². The minimum Gasteiger partial charge on any atom is -0.490 e. The molecule has 5 aromatic rings. The van der Waals surface area contributed by atoms with Gasteiger partial charge in [0.1, 0.15) is 11.5 Å². The fourth-order valence-electron chi connectivity index (χ4n) is 7.35. The van der Waals surface area contributed by atoms with Gasteiger partial charge in [0.25, 0.3) is 0 Å². The van der Waals surface area contributed by atoms with E-state index in [2.05, 4.69) is 20.9 Å². The number of carbonyl (C=O) groups is 1. The molecule has 1 saturated heterocycles. The van der Waals surface area contributed by atoms with Crippen molar-refractivity contribution < 1.29 is 23.8 Å². The number of nitrogens with zero attached hydrogens (tertiary/aromatic N) is 6. The molecule has 0 aliphatic carbocycles. The van der Waals surface area contributed by atoms with Crippen molar-refractivity contribution in [1.29, 1.82) is 0 Å². The molecule has 4 aromatic heterocycles. The maximum Gasteiger partial charge on any atom is 0.337 e. The van der Waals surface area contributed by atoms with E-state index < -0.39 is 23.5 Å². The van der Waals surface area contributed by atoms with Crippen LogP contribution in [-0.4, -0.2) is 69.0 Å². The summed E-state index contributed by atoms with van der Waals surface area (Å²) >= 11 is 0. The number of carboxylic acid groups (broad SMARTS) is 1. The summed E-state index contributed by atoms with van der Waals surface area (Å²) in [6.07, 6.45) is 5.57. The van der Waals surface area contributed by atoms with Crippen molar-refractivity contribution >= 4 is 28.5 Å². The van der Waals surface area contributed by atoms with Crippen molar-refractivity contribution in [2.24, 2.45) is 7.05 Å². The first-order valence-electron chi connectivity index (χ1n) is 17.1. The Kier molecular flexibility index (Phi) is 8.71. The average molecular weight is 679 g/mol. The molecule has 10 nitrogen and oxygen atoms in total. The Hall–Kier alpha value is -5.03. The molecule has 50 heavy (non-hydrogen) atoms. The van der Waals surface area contributed by atoms with Crippen LogP contribution in [0.25, 0.3) is 33.4 Å². The largest absolute Gasteiger partial charge is 0.490 e. The number of aliphatic carboxylic acids is 1. The highest BCUT2D eigenvalue weighted by Gasteiger charge is 2.34. The maximum absolute atomic E-state index is 15.8. The van der Waals surface area contributed by atoms with Crippen LogP contribution < -0.4 is 14.5 Å². The minimum absolute atomic E-state index is 0.279. The van der Waals surface area contributed by atoms with Crippen LogP contribution in [0.2, 0.25) is 0 Å². The molecule has 2 aliphatic heterocycles. The smallest absolute Gasteiger partial charge is 0.337 e. The van der Waals surface area contributed by atoms with Crippen LogP contribution in [-0.2, 0) is 23.0 Å². The highest BCUT2D eigenvalue weighted by molar-refractivity contribution is 6.01. The first kappa shape index (κ1) is 33.5. The van der Waals surface area contributed by atoms with Crippen molar-refractivity contribution in [2.45, 2.75) is 59.2 Å². The number of carboxylic acids is 1. The van der Waals surface area contributed by atoms with Gasteiger partial charge in [0.05, 0.1) is 17.9 Å². The molecule has 0 spiro atoms. The van der Waals surface area contributed by atoms with Gasteiger partial charge in [0.2, 0.25) is 0 Å². The molecule has 6 heterocycles. The Bertz CT molecular complexity index is 2080. The van der Waals surface area contributed by atoms with E-state index in [0.717, 1.165) is 71.9 Å². The topological polar surface area (TPSA) is 106 Å². The van der Waals surface area contributed by atoms with Crippen molar-refractivity contribution in [3.8, 4) is 28.1 Å². The van der Waals surface area contributed by atoms with Crippen molar-refractivity contribution in [2.75, 3.05) is 42.6 Å². The van der Waals surface area contributed by atoms with E-state index in [0.29, 0.717) is 41.1 Å². The Labute approximate surface area is 291 Å². The van der Waals surface area contributed by atoms with E-state index in [1.54, 1.807) is 6.92 Å². The van der Waals surface area contributed by atoms with E-state index >= 15 is 4.39 Å². The fourth-order valence-corrected chi connectivity index (χ4v) is 7.35. The maximum atomic E-state index is 15.8. The van der Waals surface area contributed by atoms with Gasteiger partial charge in [0, 0.05) is 90.8 Å². The molecule has 2 aliphatic rings. The Morgan fingerprint density at radius 3 is 2.44 bits per heavy atom. The van der Waals surface area contributed by atoms with Gasteiger partial charge in [-0.15, -0.1) is 0 Å². The van der Waals surface area contributed by atoms with E-state index in [1.807, 2.05) is 82.2 Å². The third-order valence-electron chi connectivity index (χ3n) is 9.74. The van der Waals surface area contributed by atoms with E-state index in [1.165, 1.54) is 6.07 Å². The zero-order valence-corrected chi connectivity index (χ0v) is 29.5. The molecule has 260 valence electrons. The van der Waals surface area contributed by atoms with Crippen LogP contribution in [0.4, 0.5) is 15.9 Å². The second-order valence-electron chi connectivity index (χ2n) is 14.1. The molecule has 11 heteroatoms. The lowest BCUT2D eigenvalue weighted by Crippen LogP contribution is -2.46. The summed E-state index contributed by atoms with van der Waals surface area (Å²) in [5.74, 6) is -0.439. The van der Waals surface area contributed by atoms with E-state index in [4.69, 9.17) is 19.4 Å². The molecule has 7 rings (SSSR count). The number of ether oxygens (including phenoxy) is 2. The Morgan fingerprint density at radius 1 is 1.02 bits per heavy atom. The van der Waals surface area contributed by atoms with Gasteiger partial charge in [-0.05, 0) is 95.0 Å². The minimum atomic E-state index is -1.33. The molecule has 1 aromatic carbocycles. The number of rotatable bonds is 7. The Balaban J connectivity index is 1.37. The lowest BCUT2D eigenvalue weighted by atomic mass is 9.86. The van der Waals surface area contributed by atoms with Gasteiger partial charge < -0.3 is 28.9 Å². The van der Waals surface area contributed by atoms with Crippen molar-refractivity contribution in [1.82, 2.24) is 19.5 Å². The molecule has 0 saturated carbocycles. The average Bonchev–Trinajstić information content (AvgIpc) is 3.43. The number of piperazine rings is 1. The second-order valence-corrected chi connectivity index (χ2v) is 14.1. The summed E-state index contributed by atoms with van der Waals surface area (Å²) in [6.45, 7) is 13.1. The van der Waals surface area contributed by atoms with Gasteiger partial charge in [-0.1, -0.05) is 0 Å². The third-order valence-corrected chi connectivity index (χ3v) is 9.74. The van der Waals surface area contributed by atoms with Crippen LogP contribution in [0.5, 0.6) is 5.75 Å². The summed E-state index contributed by atoms with van der Waals surface area (Å²) in [5, 5.41) is 11.3. The van der Waals surface area contributed by atoms with E-state index in [-0.39, 0.29) is 5.75 Å². The van der Waals surface area contributed by atoms with Gasteiger partial charge in [-0.2, -0.15) is 0 Å². The van der Waals surface area contributed by atoms with E-state index in [9.17, 15) is 9.90 Å². The number of benzene rings is 1. The summed E-state index contributed by atoms with van der Waals surface area (Å²) in [6, 6.07) is 11.6. The van der Waals surface area contributed by atoms with Gasteiger partial charge in [0.15, 0.2) is 17.7 Å². The zero-order valence-electron chi connectivity index (χ0n) is 29.5. The molecular formula is C39H43FN6O4. The lowest BCUT2D eigenvalue weighted by Gasteiger charge is -2.36. The number of halogens is 1. The van der Waals surface area contributed by atoms with Crippen LogP contribution in [0.3, 0.4) is 0 Å².